The summed E-state index contributed by atoms with van der Waals surface area (Å²) >= 11 is 9.45. The number of hydrogen-bond donors (Lipinski definition) is 1. The average molecular weight is 458 g/mol. The third-order valence-corrected chi connectivity index (χ3v) is 7.28. The zero-order valence-electron chi connectivity index (χ0n) is 14.3. The van der Waals surface area contributed by atoms with Gasteiger partial charge in [0.15, 0.2) is 0 Å². The van der Waals surface area contributed by atoms with Gasteiger partial charge in [-0.25, -0.2) is 12.7 Å². The molecule has 0 atom stereocenters. The van der Waals surface area contributed by atoms with E-state index in [4.69, 9.17) is 11.6 Å². The first-order valence-corrected chi connectivity index (χ1v) is 10.6. The molecule has 0 aromatic heterocycles. The number of nitrogens with zero attached hydrogens (tertiary/aromatic N) is 1. The summed E-state index contributed by atoms with van der Waals surface area (Å²) in [5, 5.41) is 3.13. The molecule has 1 fully saturated rings. The highest BCUT2D eigenvalue weighted by atomic mass is 79.9. The number of nitrogens with one attached hydrogen (secondary N) is 1. The standard InChI is InChI=1S/C18H18BrClN2O3S/c1-22(2)26(24,25)16-11-12(3-8-15(16)20)17(23)21-18(9-10-18)13-4-6-14(19)7-5-13/h3-8,11H,9-10H2,1-2H3,(H,21,23). The molecule has 8 heteroatoms. The van der Waals surface area contributed by atoms with E-state index in [1.807, 2.05) is 24.3 Å². The molecule has 1 amide bonds. The van der Waals surface area contributed by atoms with Gasteiger partial charge in [0.05, 0.1) is 10.6 Å². The van der Waals surface area contributed by atoms with Gasteiger partial charge in [0.2, 0.25) is 10.0 Å². The molecule has 5 nitrogen and oxygen atoms in total. The van der Waals surface area contributed by atoms with Crippen molar-refractivity contribution in [2.75, 3.05) is 14.1 Å². The Balaban J connectivity index is 1.88. The van der Waals surface area contributed by atoms with E-state index >= 15 is 0 Å². The van der Waals surface area contributed by atoms with E-state index in [1.165, 1.54) is 32.3 Å². The quantitative estimate of drug-likeness (QED) is 0.743. The van der Waals surface area contributed by atoms with E-state index in [9.17, 15) is 13.2 Å². The van der Waals surface area contributed by atoms with Crippen LogP contribution >= 0.6 is 27.5 Å². The van der Waals surface area contributed by atoms with Crippen molar-refractivity contribution in [2.24, 2.45) is 0 Å². The molecule has 0 aliphatic heterocycles. The van der Waals surface area contributed by atoms with Crippen LogP contribution in [0.1, 0.15) is 28.8 Å². The van der Waals surface area contributed by atoms with Gasteiger partial charge in [0.1, 0.15) is 4.90 Å². The van der Waals surface area contributed by atoms with Crippen molar-refractivity contribution >= 4 is 43.5 Å². The summed E-state index contributed by atoms with van der Waals surface area (Å²) in [5.41, 5.74) is 0.903. The minimum atomic E-state index is -3.73. The van der Waals surface area contributed by atoms with Crippen LogP contribution in [0, 0.1) is 0 Å². The number of halogens is 2. The molecule has 1 aliphatic rings. The number of benzene rings is 2. The first-order valence-electron chi connectivity index (χ1n) is 7.96. The second-order valence-electron chi connectivity index (χ2n) is 6.48. The molecule has 1 saturated carbocycles. The number of carbonyl (C=O) groups excluding carboxylic acids is 1. The largest absolute Gasteiger partial charge is 0.343 e. The minimum Gasteiger partial charge on any atom is -0.343 e. The molecular formula is C18H18BrClN2O3S. The Kier molecular flexibility index (Phi) is 5.18. The smallest absolute Gasteiger partial charge is 0.252 e. The lowest BCUT2D eigenvalue weighted by atomic mass is 10.0. The number of hydrogen-bond acceptors (Lipinski definition) is 3. The van der Waals surface area contributed by atoms with E-state index in [0.29, 0.717) is 0 Å². The fourth-order valence-corrected chi connectivity index (χ4v) is 4.37. The Morgan fingerprint density at radius 3 is 2.31 bits per heavy atom. The maximum Gasteiger partial charge on any atom is 0.252 e. The SMILES string of the molecule is CN(C)S(=O)(=O)c1cc(C(=O)NC2(c3ccc(Br)cc3)CC2)ccc1Cl. The molecule has 0 spiro atoms. The van der Waals surface area contributed by atoms with Gasteiger partial charge in [-0.2, -0.15) is 0 Å². The van der Waals surface area contributed by atoms with Gasteiger partial charge in [-0.1, -0.05) is 39.7 Å². The summed E-state index contributed by atoms with van der Waals surface area (Å²) in [6, 6.07) is 12.1. The van der Waals surface area contributed by atoms with Crippen LogP contribution in [0.5, 0.6) is 0 Å². The summed E-state index contributed by atoms with van der Waals surface area (Å²) in [7, 11) is -0.889. The van der Waals surface area contributed by atoms with E-state index < -0.39 is 15.6 Å². The van der Waals surface area contributed by atoms with Crippen LogP contribution in [-0.4, -0.2) is 32.7 Å². The predicted octanol–water partition coefficient (Wildman–Crippen LogP) is 3.77. The summed E-state index contributed by atoms with van der Waals surface area (Å²) in [4.78, 5) is 12.7. The Morgan fingerprint density at radius 1 is 1.15 bits per heavy atom. The van der Waals surface area contributed by atoms with Crippen molar-refractivity contribution in [2.45, 2.75) is 23.3 Å². The Labute approximate surface area is 166 Å². The summed E-state index contributed by atoms with van der Waals surface area (Å²) in [6.45, 7) is 0. The average Bonchev–Trinajstić information content (AvgIpc) is 3.36. The first-order chi connectivity index (χ1) is 12.2. The highest BCUT2D eigenvalue weighted by Crippen LogP contribution is 2.46. The van der Waals surface area contributed by atoms with Crippen molar-refractivity contribution in [1.82, 2.24) is 9.62 Å². The van der Waals surface area contributed by atoms with Crippen LogP contribution in [0.2, 0.25) is 5.02 Å². The van der Waals surface area contributed by atoms with Crippen molar-refractivity contribution in [3.8, 4) is 0 Å². The molecule has 0 saturated heterocycles. The normalized spacial score (nSPS) is 15.7. The van der Waals surface area contributed by atoms with E-state index in [-0.39, 0.29) is 21.4 Å². The van der Waals surface area contributed by atoms with Crippen LogP contribution in [-0.2, 0) is 15.6 Å². The fourth-order valence-electron chi connectivity index (χ4n) is 2.71. The molecule has 1 aliphatic carbocycles. The van der Waals surface area contributed by atoms with Crippen molar-refractivity contribution < 1.29 is 13.2 Å². The molecule has 0 unspecified atom stereocenters. The lowest BCUT2D eigenvalue weighted by Crippen LogP contribution is -2.35. The first kappa shape index (κ1) is 19.4. The monoisotopic (exact) mass is 456 g/mol. The van der Waals surface area contributed by atoms with Gasteiger partial charge in [0.25, 0.3) is 5.91 Å². The van der Waals surface area contributed by atoms with E-state index in [2.05, 4.69) is 21.2 Å². The molecule has 138 valence electrons. The van der Waals surface area contributed by atoms with Crippen LogP contribution in [0.3, 0.4) is 0 Å². The summed E-state index contributed by atoms with van der Waals surface area (Å²) in [5.74, 6) is -0.322. The lowest BCUT2D eigenvalue weighted by Gasteiger charge is -2.19. The third kappa shape index (κ3) is 3.67. The Bertz CT molecular complexity index is 955. The van der Waals surface area contributed by atoms with Crippen LogP contribution in [0.15, 0.2) is 51.8 Å². The number of carbonyl (C=O) groups is 1. The van der Waals surface area contributed by atoms with Gasteiger partial charge in [-0.15, -0.1) is 0 Å². The van der Waals surface area contributed by atoms with Gasteiger partial charge in [-0.05, 0) is 48.7 Å². The molecule has 0 bridgehead atoms. The van der Waals surface area contributed by atoms with Gasteiger partial charge in [0, 0.05) is 24.1 Å². The summed E-state index contributed by atoms with van der Waals surface area (Å²) in [6.07, 6.45) is 1.69. The Morgan fingerprint density at radius 2 is 1.77 bits per heavy atom. The highest BCUT2D eigenvalue weighted by Gasteiger charge is 2.45. The predicted molar refractivity (Wildman–Crippen MR) is 105 cm³/mol. The maximum absolute atomic E-state index is 12.7. The number of rotatable bonds is 5. The molecule has 2 aromatic rings. The Hall–Kier alpha value is -1.41. The molecule has 0 heterocycles. The van der Waals surface area contributed by atoms with Gasteiger partial charge in [-0.3, -0.25) is 4.79 Å². The zero-order valence-corrected chi connectivity index (χ0v) is 17.5. The second-order valence-corrected chi connectivity index (χ2v) is 9.92. The van der Waals surface area contributed by atoms with Crippen LogP contribution in [0.25, 0.3) is 0 Å². The topological polar surface area (TPSA) is 66.5 Å². The molecule has 0 radical (unpaired) electrons. The number of amides is 1. The van der Waals surface area contributed by atoms with Crippen molar-refractivity contribution in [1.29, 1.82) is 0 Å². The van der Waals surface area contributed by atoms with E-state index in [1.54, 1.807) is 0 Å². The van der Waals surface area contributed by atoms with Crippen molar-refractivity contribution in [3.05, 3.63) is 63.1 Å². The van der Waals surface area contributed by atoms with Gasteiger partial charge < -0.3 is 5.32 Å². The van der Waals surface area contributed by atoms with Crippen LogP contribution < -0.4 is 5.32 Å². The molecule has 26 heavy (non-hydrogen) atoms. The molecule has 3 rings (SSSR count). The van der Waals surface area contributed by atoms with E-state index in [0.717, 1.165) is 27.2 Å². The van der Waals surface area contributed by atoms with Crippen molar-refractivity contribution in [3.63, 3.8) is 0 Å². The lowest BCUT2D eigenvalue weighted by molar-refractivity contribution is 0.0930. The third-order valence-electron chi connectivity index (χ3n) is 4.45. The maximum atomic E-state index is 12.7. The molecule has 2 aromatic carbocycles. The molecule has 1 N–H and O–H groups in total. The highest BCUT2D eigenvalue weighted by molar-refractivity contribution is 9.10. The second kappa shape index (κ2) is 6.96. The minimum absolute atomic E-state index is 0.0784. The van der Waals surface area contributed by atoms with Gasteiger partial charge >= 0.3 is 0 Å². The molecular weight excluding hydrogens is 440 g/mol. The summed E-state index contributed by atoms with van der Waals surface area (Å²) < 4.78 is 26.8. The van der Waals surface area contributed by atoms with Crippen LogP contribution in [0.4, 0.5) is 0 Å². The fraction of sp³-hybridized carbons (Fsp3) is 0.278. The number of sulfonamides is 1. The zero-order chi connectivity index (χ0) is 19.1.